The largest absolute Gasteiger partial charge is 0.369 e. The Morgan fingerprint density at radius 1 is 1.04 bits per heavy atom. The average Bonchev–Trinajstić information content (AvgIpc) is 3.17. The molecule has 1 aliphatic rings. The molecule has 5 rings (SSSR count). The number of hydrogen-bond donors (Lipinski definition) is 3. The first-order chi connectivity index (χ1) is 13.9. The Hall–Kier alpha value is -3.32. The molecule has 0 fully saturated rings. The fourth-order valence-electron chi connectivity index (χ4n) is 3.55. The summed E-state index contributed by atoms with van der Waals surface area (Å²) < 4.78 is 0. The van der Waals surface area contributed by atoms with Crippen LogP contribution in [0.15, 0.2) is 48.8 Å². The molecule has 0 radical (unpaired) electrons. The molecule has 0 amide bonds. The molecule has 7 heteroatoms. The number of imidazole rings is 1. The Labute approximate surface area is 162 Å². The van der Waals surface area contributed by atoms with Gasteiger partial charge >= 0.3 is 0 Å². The number of H-pyrrole nitrogens is 1. The lowest BCUT2D eigenvalue weighted by Gasteiger charge is -2.20. The molecule has 0 saturated carbocycles. The predicted molar refractivity (Wildman–Crippen MR) is 109 cm³/mol. The van der Waals surface area contributed by atoms with Gasteiger partial charge in [0.15, 0.2) is 5.82 Å². The standard InChI is InChI=1S/C21H21N7/c1-2-6-17-16(5-1)25-19(26-17)8-11-24-21-15-7-10-23-13-18(15)27-20(28-21)14-4-3-9-22-12-14/h1-6,9,12,23H,7-8,10-11,13H2,(H,25,26)(H,24,27,28). The van der Waals surface area contributed by atoms with Crippen LogP contribution >= 0.6 is 0 Å². The van der Waals surface area contributed by atoms with E-state index >= 15 is 0 Å². The highest BCUT2D eigenvalue weighted by Crippen LogP contribution is 2.24. The summed E-state index contributed by atoms with van der Waals surface area (Å²) in [6.45, 7) is 2.47. The SMILES string of the molecule is c1cncc(-c2nc3c(c(NCCc4nc5ccccc5[nH]4)n2)CCNC3)c1. The molecule has 3 N–H and O–H groups in total. The van der Waals surface area contributed by atoms with Crippen molar-refractivity contribution in [2.75, 3.05) is 18.4 Å². The van der Waals surface area contributed by atoms with Gasteiger partial charge in [0.1, 0.15) is 11.6 Å². The highest BCUT2D eigenvalue weighted by molar-refractivity contribution is 5.74. The molecule has 1 aliphatic heterocycles. The molecule has 7 nitrogen and oxygen atoms in total. The number of benzene rings is 1. The quantitative estimate of drug-likeness (QED) is 0.500. The number of rotatable bonds is 5. The number of aromatic nitrogens is 5. The fraction of sp³-hybridized carbons (Fsp3) is 0.238. The second-order valence-corrected chi connectivity index (χ2v) is 6.87. The highest BCUT2D eigenvalue weighted by Gasteiger charge is 2.18. The first-order valence-corrected chi connectivity index (χ1v) is 9.55. The summed E-state index contributed by atoms with van der Waals surface area (Å²) >= 11 is 0. The smallest absolute Gasteiger partial charge is 0.163 e. The van der Waals surface area contributed by atoms with Crippen molar-refractivity contribution in [3.63, 3.8) is 0 Å². The van der Waals surface area contributed by atoms with Crippen LogP contribution in [0.5, 0.6) is 0 Å². The van der Waals surface area contributed by atoms with Crippen LogP contribution in [-0.4, -0.2) is 38.0 Å². The van der Waals surface area contributed by atoms with Crippen LogP contribution in [0, 0.1) is 0 Å². The van der Waals surface area contributed by atoms with Gasteiger partial charge in [0.05, 0.1) is 16.7 Å². The first kappa shape index (κ1) is 16.8. The van der Waals surface area contributed by atoms with Gasteiger partial charge in [0, 0.05) is 43.0 Å². The minimum atomic E-state index is 0.710. The van der Waals surface area contributed by atoms with Crippen LogP contribution in [0.4, 0.5) is 5.82 Å². The summed E-state index contributed by atoms with van der Waals surface area (Å²) in [4.78, 5) is 21.8. The molecule has 4 aromatic rings. The highest BCUT2D eigenvalue weighted by atomic mass is 15.1. The minimum absolute atomic E-state index is 0.710. The van der Waals surface area contributed by atoms with Gasteiger partial charge in [-0.1, -0.05) is 12.1 Å². The van der Waals surface area contributed by atoms with Crippen molar-refractivity contribution < 1.29 is 0 Å². The third kappa shape index (κ3) is 3.32. The van der Waals surface area contributed by atoms with Gasteiger partial charge in [-0.15, -0.1) is 0 Å². The summed E-state index contributed by atoms with van der Waals surface area (Å²) in [6, 6.07) is 12.0. The fourth-order valence-corrected chi connectivity index (χ4v) is 3.55. The number of aromatic amines is 1. The Morgan fingerprint density at radius 2 is 2.00 bits per heavy atom. The van der Waals surface area contributed by atoms with Gasteiger partial charge < -0.3 is 15.6 Å². The van der Waals surface area contributed by atoms with Gasteiger partial charge in [-0.3, -0.25) is 4.98 Å². The maximum atomic E-state index is 4.81. The molecular weight excluding hydrogens is 350 g/mol. The lowest BCUT2D eigenvalue weighted by atomic mass is 10.1. The molecule has 0 unspecified atom stereocenters. The van der Waals surface area contributed by atoms with Crippen molar-refractivity contribution in [1.29, 1.82) is 0 Å². The van der Waals surface area contributed by atoms with Crippen LogP contribution in [0.25, 0.3) is 22.4 Å². The zero-order chi connectivity index (χ0) is 18.8. The van der Waals surface area contributed by atoms with Gasteiger partial charge in [-0.25, -0.2) is 15.0 Å². The van der Waals surface area contributed by atoms with E-state index in [-0.39, 0.29) is 0 Å². The number of pyridine rings is 1. The van der Waals surface area contributed by atoms with E-state index in [1.54, 1.807) is 12.4 Å². The lowest BCUT2D eigenvalue weighted by molar-refractivity contribution is 0.625. The maximum absolute atomic E-state index is 4.81. The Morgan fingerprint density at radius 3 is 2.89 bits per heavy atom. The van der Waals surface area contributed by atoms with Crippen molar-refractivity contribution in [1.82, 2.24) is 30.2 Å². The Balaban J connectivity index is 1.38. The molecule has 0 aliphatic carbocycles. The monoisotopic (exact) mass is 371 g/mol. The second kappa shape index (κ2) is 7.36. The van der Waals surface area contributed by atoms with E-state index in [0.29, 0.717) is 5.82 Å². The molecule has 0 atom stereocenters. The molecule has 3 aromatic heterocycles. The van der Waals surface area contributed by atoms with Crippen LogP contribution in [-0.2, 0) is 19.4 Å². The number of nitrogens with one attached hydrogen (secondary N) is 3. The molecule has 0 bridgehead atoms. The van der Waals surface area contributed by atoms with E-state index in [1.165, 1.54) is 5.56 Å². The van der Waals surface area contributed by atoms with Gasteiger partial charge in [-0.05, 0) is 37.2 Å². The number of para-hydroxylation sites is 2. The van der Waals surface area contributed by atoms with E-state index in [9.17, 15) is 0 Å². The Kier molecular flexibility index (Phi) is 4.42. The van der Waals surface area contributed by atoms with E-state index in [2.05, 4.69) is 25.6 Å². The maximum Gasteiger partial charge on any atom is 0.163 e. The van der Waals surface area contributed by atoms with Crippen LogP contribution in [0.3, 0.4) is 0 Å². The summed E-state index contributed by atoms with van der Waals surface area (Å²) in [5, 5.41) is 6.91. The number of nitrogens with zero attached hydrogens (tertiary/aromatic N) is 4. The first-order valence-electron chi connectivity index (χ1n) is 9.55. The van der Waals surface area contributed by atoms with E-state index in [1.807, 2.05) is 36.4 Å². The third-order valence-electron chi connectivity index (χ3n) is 4.95. The molecule has 1 aromatic carbocycles. The molecule has 140 valence electrons. The second-order valence-electron chi connectivity index (χ2n) is 6.87. The minimum Gasteiger partial charge on any atom is -0.369 e. The van der Waals surface area contributed by atoms with Crippen molar-refractivity contribution in [3.8, 4) is 11.4 Å². The van der Waals surface area contributed by atoms with Crippen molar-refractivity contribution in [2.24, 2.45) is 0 Å². The molecule has 4 heterocycles. The Bertz CT molecular complexity index is 1070. The van der Waals surface area contributed by atoms with E-state index in [4.69, 9.17) is 9.97 Å². The number of hydrogen-bond acceptors (Lipinski definition) is 6. The van der Waals surface area contributed by atoms with Crippen molar-refractivity contribution in [2.45, 2.75) is 19.4 Å². The predicted octanol–water partition coefficient (Wildman–Crippen LogP) is 2.72. The van der Waals surface area contributed by atoms with Crippen LogP contribution < -0.4 is 10.6 Å². The molecular formula is C21H21N7. The van der Waals surface area contributed by atoms with Crippen molar-refractivity contribution in [3.05, 3.63) is 65.9 Å². The summed E-state index contributed by atoms with van der Waals surface area (Å²) in [7, 11) is 0. The van der Waals surface area contributed by atoms with Gasteiger partial charge in [0.2, 0.25) is 0 Å². The zero-order valence-corrected chi connectivity index (χ0v) is 15.4. The van der Waals surface area contributed by atoms with Crippen LogP contribution in [0.2, 0.25) is 0 Å². The van der Waals surface area contributed by atoms with Crippen molar-refractivity contribution >= 4 is 16.9 Å². The summed E-state index contributed by atoms with van der Waals surface area (Å²) in [5.74, 6) is 2.61. The van der Waals surface area contributed by atoms with Gasteiger partial charge in [-0.2, -0.15) is 0 Å². The third-order valence-corrected chi connectivity index (χ3v) is 4.95. The van der Waals surface area contributed by atoms with Gasteiger partial charge in [0.25, 0.3) is 0 Å². The summed E-state index contributed by atoms with van der Waals surface area (Å²) in [5.41, 5.74) is 5.27. The zero-order valence-electron chi connectivity index (χ0n) is 15.4. The normalized spacial score (nSPS) is 13.4. The van der Waals surface area contributed by atoms with E-state index in [0.717, 1.165) is 66.4 Å². The van der Waals surface area contributed by atoms with E-state index < -0.39 is 0 Å². The number of anilines is 1. The molecule has 0 saturated heterocycles. The average molecular weight is 371 g/mol. The molecule has 0 spiro atoms. The number of fused-ring (bicyclic) bond motifs is 2. The molecule has 28 heavy (non-hydrogen) atoms. The van der Waals surface area contributed by atoms with Crippen LogP contribution in [0.1, 0.15) is 17.1 Å². The topological polar surface area (TPSA) is 91.4 Å². The lowest BCUT2D eigenvalue weighted by Crippen LogP contribution is -2.27. The summed E-state index contributed by atoms with van der Waals surface area (Å²) in [6.07, 6.45) is 5.29.